The minimum Gasteiger partial charge on any atom is -0.369 e. The van der Waals surface area contributed by atoms with Crippen LogP contribution in [0.1, 0.15) is 31.7 Å². The Labute approximate surface area is 110 Å². The van der Waals surface area contributed by atoms with Crippen LogP contribution in [-0.2, 0) is 11.2 Å². The van der Waals surface area contributed by atoms with Gasteiger partial charge in [0.1, 0.15) is 0 Å². The highest BCUT2D eigenvalue weighted by Gasteiger charge is 2.10. The molecular weight excluding hydrogens is 220 g/mol. The third-order valence-electron chi connectivity index (χ3n) is 3.24. The molecule has 1 aromatic carbocycles. The van der Waals surface area contributed by atoms with E-state index in [0.717, 1.165) is 25.9 Å². The van der Waals surface area contributed by atoms with E-state index in [-0.39, 0.29) is 6.10 Å². The summed E-state index contributed by atoms with van der Waals surface area (Å²) in [6.45, 7) is 2.98. The Bertz CT molecular complexity index is 403. The lowest BCUT2D eigenvalue weighted by Gasteiger charge is -2.19. The molecule has 0 radical (unpaired) electrons. The fraction of sp³-hybridized carbons (Fsp3) is 0.412. The molecule has 0 saturated carbocycles. The minimum atomic E-state index is 0.281. The van der Waals surface area contributed by atoms with E-state index in [4.69, 9.17) is 4.74 Å². The first kappa shape index (κ1) is 13.1. The third kappa shape index (κ3) is 4.15. The van der Waals surface area contributed by atoms with Crippen LogP contribution in [-0.4, -0.2) is 12.7 Å². The summed E-state index contributed by atoms with van der Waals surface area (Å²) in [5.74, 6) is 0. The largest absolute Gasteiger partial charge is 0.369 e. The second-order valence-electron chi connectivity index (χ2n) is 4.80. The highest BCUT2D eigenvalue weighted by Crippen LogP contribution is 2.16. The van der Waals surface area contributed by atoms with Crippen molar-refractivity contribution in [3.63, 3.8) is 0 Å². The summed E-state index contributed by atoms with van der Waals surface area (Å²) in [5, 5.41) is 0. The second kappa shape index (κ2) is 7.17. The van der Waals surface area contributed by atoms with E-state index in [1.807, 2.05) is 0 Å². The fourth-order valence-corrected chi connectivity index (χ4v) is 2.13. The van der Waals surface area contributed by atoms with E-state index >= 15 is 0 Å². The van der Waals surface area contributed by atoms with Crippen LogP contribution in [0.3, 0.4) is 0 Å². The van der Waals surface area contributed by atoms with Crippen molar-refractivity contribution in [2.24, 2.45) is 0 Å². The van der Waals surface area contributed by atoms with Gasteiger partial charge in [-0.3, -0.25) is 0 Å². The minimum absolute atomic E-state index is 0.281. The molecule has 1 heteroatoms. The summed E-state index contributed by atoms with van der Waals surface area (Å²) in [4.78, 5) is 0. The first-order valence-corrected chi connectivity index (χ1v) is 6.91. The van der Waals surface area contributed by atoms with Gasteiger partial charge >= 0.3 is 0 Å². The predicted octanol–water partition coefficient (Wildman–Crippen LogP) is 4.30. The maximum Gasteiger partial charge on any atom is 0.0766 e. The van der Waals surface area contributed by atoms with Gasteiger partial charge in [-0.2, -0.15) is 0 Å². The molecule has 0 saturated heterocycles. The maximum absolute atomic E-state index is 5.85. The number of hydrogen-bond acceptors (Lipinski definition) is 1. The number of aryl methyl sites for hydroxylation is 1. The Hall–Kier alpha value is -1.34. The molecule has 1 aromatic rings. The van der Waals surface area contributed by atoms with E-state index in [1.54, 1.807) is 0 Å². The number of hydrogen-bond donors (Lipinski definition) is 0. The van der Waals surface area contributed by atoms with Crippen LogP contribution in [0.4, 0.5) is 0 Å². The van der Waals surface area contributed by atoms with Crippen LogP contribution in [0.2, 0.25) is 0 Å². The standard InChI is InChI=1S/C17H22O/c1-2-3-7-16-11-13-17(18-14-16)12-10-15-8-5-4-6-9-15/h4-9,11,13,17H,2-3,10,12,14H2,1H3/b16-7+/t17-/m1/s1. The van der Waals surface area contributed by atoms with Crippen LogP contribution in [0.25, 0.3) is 0 Å². The van der Waals surface area contributed by atoms with E-state index in [9.17, 15) is 0 Å². The molecule has 18 heavy (non-hydrogen) atoms. The van der Waals surface area contributed by atoms with Gasteiger partial charge in [0.15, 0.2) is 0 Å². The smallest absolute Gasteiger partial charge is 0.0766 e. The Morgan fingerprint density at radius 2 is 2.11 bits per heavy atom. The first-order chi connectivity index (χ1) is 8.88. The number of unbranched alkanes of at least 4 members (excludes halogenated alkanes) is 1. The molecule has 0 spiro atoms. The zero-order chi connectivity index (χ0) is 12.6. The van der Waals surface area contributed by atoms with Gasteiger partial charge in [-0.25, -0.2) is 0 Å². The predicted molar refractivity (Wildman–Crippen MR) is 76.6 cm³/mol. The summed E-state index contributed by atoms with van der Waals surface area (Å²) >= 11 is 0. The second-order valence-corrected chi connectivity index (χ2v) is 4.80. The molecule has 0 unspecified atom stereocenters. The van der Waals surface area contributed by atoms with E-state index in [0.29, 0.717) is 0 Å². The van der Waals surface area contributed by atoms with Gasteiger partial charge < -0.3 is 4.74 Å². The lowest BCUT2D eigenvalue weighted by molar-refractivity contribution is 0.0930. The Balaban J connectivity index is 1.79. The van der Waals surface area contributed by atoms with Crippen LogP contribution in [0.5, 0.6) is 0 Å². The normalized spacial score (nSPS) is 21.4. The van der Waals surface area contributed by atoms with Crippen molar-refractivity contribution in [3.8, 4) is 0 Å². The lowest BCUT2D eigenvalue weighted by atomic mass is 10.0. The van der Waals surface area contributed by atoms with Crippen LogP contribution >= 0.6 is 0 Å². The topological polar surface area (TPSA) is 9.23 Å². The van der Waals surface area contributed by atoms with Gasteiger partial charge in [0.2, 0.25) is 0 Å². The van der Waals surface area contributed by atoms with Gasteiger partial charge in [-0.1, -0.05) is 61.9 Å². The summed E-state index contributed by atoms with van der Waals surface area (Å²) < 4.78 is 5.85. The summed E-state index contributed by atoms with van der Waals surface area (Å²) in [6, 6.07) is 10.6. The summed E-state index contributed by atoms with van der Waals surface area (Å²) in [7, 11) is 0. The Morgan fingerprint density at radius 1 is 1.28 bits per heavy atom. The maximum atomic E-state index is 5.85. The quantitative estimate of drug-likeness (QED) is 0.748. The molecule has 1 nitrogen and oxygen atoms in total. The molecule has 1 aliphatic rings. The molecule has 0 aromatic heterocycles. The van der Waals surface area contributed by atoms with E-state index < -0.39 is 0 Å². The molecule has 0 aliphatic carbocycles. The molecule has 0 bridgehead atoms. The number of allylic oxidation sites excluding steroid dienone is 1. The van der Waals surface area contributed by atoms with Crippen molar-refractivity contribution in [2.45, 2.75) is 38.7 Å². The van der Waals surface area contributed by atoms with Gasteiger partial charge in [-0.05, 0) is 30.4 Å². The average molecular weight is 242 g/mol. The third-order valence-corrected chi connectivity index (χ3v) is 3.24. The molecule has 1 atom stereocenters. The zero-order valence-corrected chi connectivity index (χ0v) is 11.1. The van der Waals surface area contributed by atoms with Crippen molar-refractivity contribution in [2.75, 3.05) is 6.61 Å². The molecular formula is C17H22O. The molecule has 2 rings (SSSR count). The average Bonchev–Trinajstić information content (AvgIpc) is 2.45. The van der Waals surface area contributed by atoms with Gasteiger partial charge in [0, 0.05) is 0 Å². The van der Waals surface area contributed by atoms with E-state index in [1.165, 1.54) is 17.6 Å². The highest BCUT2D eigenvalue weighted by atomic mass is 16.5. The molecule has 96 valence electrons. The van der Waals surface area contributed by atoms with Gasteiger partial charge in [0.25, 0.3) is 0 Å². The number of rotatable bonds is 5. The van der Waals surface area contributed by atoms with Crippen LogP contribution < -0.4 is 0 Å². The summed E-state index contributed by atoms with van der Waals surface area (Å²) in [6.07, 6.45) is 11.5. The molecule has 0 fully saturated rings. The van der Waals surface area contributed by atoms with Crippen LogP contribution in [0.15, 0.2) is 54.1 Å². The van der Waals surface area contributed by atoms with Crippen molar-refractivity contribution < 1.29 is 4.74 Å². The van der Waals surface area contributed by atoms with Crippen LogP contribution in [0, 0.1) is 0 Å². The zero-order valence-electron chi connectivity index (χ0n) is 11.1. The number of benzene rings is 1. The van der Waals surface area contributed by atoms with Crippen molar-refractivity contribution in [1.29, 1.82) is 0 Å². The fourth-order valence-electron chi connectivity index (χ4n) is 2.13. The molecule has 0 amide bonds. The highest BCUT2D eigenvalue weighted by molar-refractivity contribution is 5.23. The monoisotopic (exact) mass is 242 g/mol. The molecule has 1 heterocycles. The molecule has 0 N–H and O–H groups in total. The van der Waals surface area contributed by atoms with Crippen molar-refractivity contribution >= 4 is 0 Å². The molecule has 1 aliphatic heterocycles. The SMILES string of the molecule is CCC/C=C1\C=C[C@@H](CCc2ccccc2)OC1. The first-order valence-electron chi connectivity index (χ1n) is 6.91. The Kier molecular flexibility index (Phi) is 5.22. The van der Waals surface area contributed by atoms with E-state index in [2.05, 4.69) is 55.5 Å². The van der Waals surface area contributed by atoms with Crippen molar-refractivity contribution in [1.82, 2.24) is 0 Å². The summed E-state index contributed by atoms with van der Waals surface area (Å²) in [5.41, 5.74) is 2.72. The van der Waals surface area contributed by atoms with Gasteiger partial charge in [-0.15, -0.1) is 0 Å². The lowest BCUT2D eigenvalue weighted by Crippen LogP contribution is -2.16. The number of ether oxygens (including phenoxy) is 1. The Morgan fingerprint density at radius 3 is 2.78 bits per heavy atom. The van der Waals surface area contributed by atoms with Crippen molar-refractivity contribution in [3.05, 3.63) is 59.7 Å². The van der Waals surface area contributed by atoms with Gasteiger partial charge in [0.05, 0.1) is 12.7 Å².